The Hall–Kier alpha value is -2.11. The van der Waals surface area contributed by atoms with Crippen molar-refractivity contribution in [1.29, 1.82) is 0 Å². The molecule has 1 N–H and O–H groups in total. The molecule has 2 fully saturated rings. The van der Waals surface area contributed by atoms with Crippen LogP contribution in [0.15, 0.2) is 18.2 Å². The fourth-order valence-electron chi connectivity index (χ4n) is 3.97. The Labute approximate surface area is 141 Å². The zero-order valence-corrected chi connectivity index (χ0v) is 13.9. The third-order valence-corrected chi connectivity index (χ3v) is 5.54. The summed E-state index contributed by atoms with van der Waals surface area (Å²) >= 11 is 0. The van der Waals surface area contributed by atoms with Crippen LogP contribution in [0.25, 0.3) is 0 Å². The van der Waals surface area contributed by atoms with Gasteiger partial charge in [-0.15, -0.1) is 0 Å². The molecular formula is C18H23NO5. The van der Waals surface area contributed by atoms with Crippen LogP contribution in [0, 0.1) is 22.0 Å². The normalized spacial score (nSPS) is 26.3. The van der Waals surface area contributed by atoms with Crippen LogP contribution in [0.4, 0.5) is 5.69 Å². The predicted molar refractivity (Wildman–Crippen MR) is 88.3 cm³/mol. The van der Waals surface area contributed by atoms with Gasteiger partial charge in [-0.2, -0.15) is 0 Å². The molecule has 0 saturated heterocycles. The van der Waals surface area contributed by atoms with Gasteiger partial charge in [0.25, 0.3) is 0 Å². The summed E-state index contributed by atoms with van der Waals surface area (Å²) in [5, 5.41) is 21.2. The molecule has 24 heavy (non-hydrogen) atoms. The molecule has 1 aromatic rings. The van der Waals surface area contributed by atoms with Gasteiger partial charge in [0.15, 0.2) is 5.75 Å². The molecule has 0 aromatic heterocycles. The van der Waals surface area contributed by atoms with Crippen molar-refractivity contribution in [3.8, 4) is 5.75 Å². The number of nitro benzene ring substituents is 1. The Kier molecular flexibility index (Phi) is 4.47. The Bertz CT molecular complexity index is 655. The molecule has 0 aliphatic heterocycles. The van der Waals surface area contributed by atoms with Gasteiger partial charge in [-0.3, -0.25) is 14.9 Å². The molecule has 6 nitrogen and oxygen atoms in total. The van der Waals surface area contributed by atoms with Gasteiger partial charge in [-0.05, 0) is 49.1 Å². The SMILES string of the molecule is CCC1CCCC1(C(=O)O)c1ccc([N+](=O)[O-])c(OCC2CC2)c1. The lowest BCUT2D eigenvalue weighted by Gasteiger charge is -2.31. The second-order valence-corrected chi connectivity index (χ2v) is 6.97. The van der Waals surface area contributed by atoms with E-state index in [1.807, 2.05) is 6.92 Å². The maximum Gasteiger partial charge on any atom is 0.314 e. The number of carbonyl (C=O) groups is 1. The Morgan fingerprint density at radius 3 is 2.75 bits per heavy atom. The number of rotatable bonds is 7. The van der Waals surface area contributed by atoms with Crippen molar-refractivity contribution in [1.82, 2.24) is 0 Å². The Morgan fingerprint density at radius 2 is 2.17 bits per heavy atom. The number of ether oxygens (including phenoxy) is 1. The lowest BCUT2D eigenvalue weighted by Crippen LogP contribution is -2.39. The molecule has 0 bridgehead atoms. The first kappa shape index (κ1) is 16.7. The zero-order chi connectivity index (χ0) is 17.3. The van der Waals surface area contributed by atoms with Crippen LogP contribution in [-0.2, 0) is 10.2 Å². The first-order chi connectivity index (χ1) is 11.5. The van der Waals surface area contributed by atoms with E-state index < -0.39 is 16.3 Å². The van der Waals surface area contributed by atoms with Gasteiger partial charge in [-0.25, -0.2) is 0 Å². The number of nitro groups is 1. The summed E-state index contributed by atoms with van der Waals surface area (Å²) in [6.45, 7) is 2.46. The highest BCUT2D eigenvalue weighted by Crippen LogP contribution is 2.49. The third-order valence-electron chi connectivity index (χ3n) is 5.54. The summed E-state index contributed by atoms with van der Waals surface area (Å²) in [4.78, 5) is 22.9. The van der Waals surface area contributed by atoms with Gasteiger partial charge in [0.05, 0.1) is 16.9 Å². The van der Waals surface area contributed by atoms with Crippen LogP contribution in [0.3, 0.4) is 0 Å². The molecule has 1 aromatic carbocycles. The first-order valence-corrected chi connectivity index (χ1v) is 8.64. The lowest BCUT2D eigenvalue weighted by atomic mass is 9.71. The van der Waals surface area contributed by atoms with Crippen molar-refractivity contribution in [2.45, 2.75) is 50.9 Å². The number of hydrogen-bond donors (Lipinski definition) is 1. The Balaban J connectivity index is 2.00. The summed E-state index contributed by atoms with van der Waals surface area (Å²) in [5.41, 5.74) is -0.414. The molecular weight excluding hydrogens is 310 g/mol. The molecule has 2 aliphatic rings. The monoisotopic (exact) mass is 333 g/mol. The standard InChI is InChI=1S/C18H23NO5/c1-2-13-4-3-9-18(13,17(20)21)14-7-8-15(19(22)23)16(10-14)24-11-12-5-6-12/h7-8,10,12-13H,2-6,9,11H2,1H3,(H,20,21). The minimum Gasteiger partial charge on any atom is -0.487 e. The molecule has 6 heteroatoms. The molecule has 0 spiro atoms. The van der Waals surface area contributed by atoms with Gasteiger partial charge in [-0.1, -0.05) is 25.8 Å². The van der Waals surface area contributed by atoms with E-state index in [1.165, 1.54) is 6.07 Å². The van der Waals surface area contributed by atoms with Gasteiger partial charge >= 0.3 is 11.7 Å². The smallest absolute Gasteiger partial charge is 0.314 e. The number of hydrogen-bond acceptors (Lipinski definition) is 4. The minimum absolute atomic E-state index is 0.0488. The second-order valence-electron chi connectivity index (χ2n) is 6.97. The zero-order valence-electron chi connectivity index (χ0n) is 13.9. The topological polar surface area (TPSA) is 89.7 Å². The molecule has 2 aliphatic carbocycles. The van der Waals surface area contributed by atoms with Crippen LogP contribution in [-0.4, -0.2) is 22.6 Å². The molecule has 0 radical (unpaired) electrons. The van der Waals surface area contributed by atoms with Crippen LogP contribution in [0.5, 0.6) is 5.75 Å². The summed E-state index contributed by atoms with van der Waals surface area (Å²) in [6, 6.07) is 4.60. The van der Waals surface area contributed by atoms with Crippen LogP contribution >= 0.6 is 0 Å². The molecule has 2 unspecified atom stereocenters. The predicted octanol–water partition coefficient (Wildman–Crippen LogP) is 3.92. The van der Waals surface area contributed by atoms with Crippen LogP contribution < -0.4 is 4.74 Å². The number of benzene rings is 1. The van der Waals surface area contributed by atoms with Crippen molar-refractivity contribution in [2.24, 2.45) is 11.8 Å². The van der Waals surface area contributed by atoms with Crippen LogP contribution in [0.2, 0.25) is 0 Å². The van der Waals surface area contributed by atoms with E-state index in [9.17, 15) is 20.0 Å². The van der Waals surface area contributed by atoms with Crippen molar-refractivity contribution < 1.29 is 19.6 Å². The molecule has 0 heterocycles. The van der Waals surface area contributed by atoms with Crippen molar-refractivity contribution in [3.05, 3.63) is 33.9 Å². The van der Waals surface area contributed by atoms with E-state index >= 15 is 0 Å². The average molecular weight is 333 g/mol. The maximum absolute atomic E-state index is 12.1. The molecule has 2 atom stereocenters. The third kappa shape index (κ3) is 2.85. The van der Waals surface area contributed by atoms with E-state index in [4.69, 9.17) is 4.74 Å². The van der Waals surface area contributed by atoms with Crippen molar-refractivity contribution >= 4 is 11.7 Å². The van der Waals surface area contributed by atoms with E-state index in [0.29, 0.717) is 24.5 Å². The number of aliphatic carboxylic acids is 1. The van der Waals surface area contributed by atoms with Gasteiger partial charge in [0, 0.05) is 6.07 Å². The molecule has 3 rings (SSSR count). The summed E-state index contributed by atoms with van der Waals surface area (Å²) in [6.07, 6.45) is 5.26. The van der Waals surface area contributed by atoms with Gasteiger partial charge < -0.3 is 9.84 Å². The fourth-order valence-corrected chi connectivity index (χ4v) is 3.97. The second kappa shape index (κ2) is 6.42. The molecule has 0 amide bonds. The highest BCUT2D eigenvalue weighted by Gasteiger charge is 2.50. The average Bonchev–Trinajstić information content (AvgIpc) is 3.28. The van der Waals surface area contributed by atoms with Gasteiger partial charge in [0.1, 0.15) is 0 Å². The molecule has 2 saturated carbocycles. The summed E-state index contributed by atoms with van der Waals surface area (Å²) in [7, 11) is 0. The highest BCUT2D eigenvalue weighted by atomic mass is 16.6. The number of nitrogens with zero attached hydrogens (tertiary/aromatic N) is 1. The van der Waals surface area contributed by atoms with Crippen molar-refractivity contribution in [3.63, 3.8) is 0 Å². The first-order valence-electron chi connectivity index (χ1n) is 8.64. The summed E-state index contributed by atoms with van der Waals surface area (Å²) < 4.78 is 5.68. The maximum atomic E-state index is 12.1. The quantitative estimate of drug-likeness (QED) is 0.603. The van der Waals surface area contributed by atoms with Gasteiger partial charge in [0.2, 0.25) is 0 Å². The minimum atomic E-state index is -0.957. The fraction of sp³-hybridized carbons (Fsp3) is 0.611. The van der Waals surface area contributed by atoms with E-state index in [1.54, 1.807) is 12.1 Å². The van der Waals surface area contributed by atoms with Crippen molar-refractivity contribution in [2.75, 3.05) is 6.61 Å². The van der Waals surface area contributed by atoms with E-state index in [0.717, 1.165) is 32.1 Å². The van der Waals surface area contributed by atoms with E-state index in [-0.39, 0.29) is 17.4 Å². The largest absolute Gasteiger partial charge is 0.487 e. The summed E-state index contributed by atoms with van der Waals surface area (Å²) in [5.74, 6) is -0.120. The molecule has 130 valence electrons. The Morgan fingerprint density at radius 1 is 1.42 bits per heavy atom. The van der Waals surface area contributed by atoms with Crippen LogP contribution in [0.1, 0.15) is 51.0 Å². The van der Waals surface area contributed by atoms with E-state index in [2.05, 4.69) is 0 Å². The number of carboxylic acids is 1. The lowest BCUT2D eigenvalue weighted by molar-refractivity contribution is -0.385. The number of carboxylic acid groups (broad SMARTS) is 1. The highest BCUT2D eigenvalue weighted by molar-refractivity contribution is 5.83.